The van der Waals surface area contributed by atoms with Crippen LogP contribution in [0.1, 0.15) is 13.7 Å². The van der Waals surface area contributed by atoms with Crippen LogP contribution >= 0.6 is 22.7 Å². The normalized spacial score (nSPS) is 13.1. The van der Waals surface area contributed by atoms with Crippen LogP contribution in [0.15, 0.2) is 352 Å². The van der Waals surface area contributed by atoms with Gasteiger partial charge >= 0.3 is 0 Å². The van der Waals surface area contributed by atoms with Crippen molar-refractivity contribution in [2.24, 2.45) is 0 Å². The van der Waals surface area contributed by atoms with E-state index in [0.29, 0.717) is 22.8 Å². The summed E-state index contributed by atoms with van der Waals surface area (Å²) in [6.07, 6.45) is 0. The molecular weight excluding hydrogens is 1280 g/mol. The van der Waals surface area contributed by atoms with Crippen LogP contribution in [0.4, 0.5) is 0 Å². The van der Waals surface area contributed by atoms with Gasteiger partial charge in [-0.1, -0.05) is 309 Å². The number of fused-ring (bicyclic) bond motifs is 20. The van der Waals surface area contributed by atoms with Crippen LogP contribution in [0.3, 0.4) is 0 Å². The monoisotopic (exact) mass is 1340 g/mol. The van der Waals surface area contributed by atoms with Crippen molar-refractivity contribution >= 4 is 128 Å². The lowest BCUT2D eigenvalue weighted by Crippen LogP contribution is -2.04. The zero-order chi connectivity index (χ0) is 75.9. The van der Waals surface area contributed by atoms with E-state index in [0.717, 1.165) is 91.9 Å². The quantitative estimate of drug-likeness (QED) is 0.144. The average molecular weight is 1350 g/mol. The molecule has 0 aliphatic rings. The Hall–Kier alpha value is -13.0. The zero-order valence-corrected chi connectivity index (χ0v) is 55.8. The molecule has 0 fully saturated rings. The second-order valence-electron chi connectivity index (χ2n) is 25.2. The summed E-state index contributed by atoms with van der Waals surface area (Å²) in [5, 5.41) is 13.6. The molecule has 0 aliphatic carbocycles. The van der Waals surface area contributed by atoms with Crippen molar-refractivity contribution in [2.45, 2.75) is 0 Å². The number of hydrogen-bond acceptors (Lipinski definition) is 6. The van der Waals surface area contributed by atoms with E-state index in [2.05, 4.69) is 223 Å². The molecule has 0 atom stereocenters. The summed E-state index contributed by atoms with van der Waals surface area (Å²) >= 11 is 3.57. The van der Waals surface area contributed by atoms with Crippen LogP contribution < -0.4 is 0 Å². The molecule has 0 saturated heterocycles. The van der Waals surface area contributed by atoms with Gasteiger partial charge in [-0.2, -0.15) is 0 Å². The second-order valence-corrected chi connectivity index (χ2v) is 27.3. The summed E-state index contributed by atoms with van der Waals surface area (Å²) in [5.74, 6) is 0.866. The van der Waals surface area contributed by atoms with Crippen LogP contribution in [-0.4, -0.2) is 29.1 Å². The van der Waals surface area contributed by atoms with E-state index < -0.39 is 48.3 Å². The van der Waals surface area contributed by atoms with E-state index in [-0.39, 0.29) is 34.9 Å². The Bertz CT molecular complexity index is 7450. The third kappa shape index (κ3) is 9.90. The summed E-state index contributed by atoms with van der Waals surface area (Å²) in [6.45, 7) is 0. The van der Waals surface area contributed by atoms with Gasteiger partial charge in [0.2, 0.25) is 11.9 Å². The Balaban J connectivity index is 0.000000146. The van der Waals surface area contributed by atoms with Gasteiger partial charge in [0.1, 0.15) is 0 Å². The highest BCUT2D eigenvalue weighted by atomic mass is 32.1. The van der Waals surface area contributed by atoms with Gasteiger partial charge < -0.3 is 0 Å². The lowest BCUT2D eigenvalue weighted by atomic mass is 10.00. The van der Waals surface area contributed by atoms with E-state index >= 15 is 0 Å². The third-order valence-electron chi connectivity index (χ3n) is 19.4. The van der Waals surface area contributed by atoms with E-state index in [9.17, 15) is 0 Å². The minimum absolute atomic E-state index is 0.0604. The van der Waals surface area contributed by atoms with E-state index in [4.69, 9.17) is 33.6 Å². The standard InChI is InChI=1S/C50H31N3S.C44H27N3S/c1-3-14-32(15-4-1)34-26-28-35(29-27-34)42-31-43(37-19-13-18-36(30-37)33-16-5-2-6-17-33)52-50(51-42)53-44-24-11-9-22-40(44)46-38-20-7-8-21-39(38)49-47(48(46)53)41-23-10-12-25-45(41)54-49;1-3-13-28(14-4-1)29-23-25-31(26-24-29)37-27-36(30-15-5-2-6-16-30)45-44(46-37)47-38-21-11-9-19-34(38)40-32-17-7-8-18-33(32)43-41(42(40)47)35-20-10-12-22-39(35)48-43/h1-31H;1-27H/i;1D,2D,3D,4D,5D,6D,13D,14D,15D,16D. The van der Waals surface area contributed by atoms with E-state index in [1.807, 2.05) is 58.4 Å². The summed E-state index contributed by atoms with van der Waals surface area (Å²) in [7, 11) is 0. The molecule has 0 unspecified atom stereocenters. The van der Waals surface area contributed by atoms with Crippen LogP contribution in [0.25, 0.3) is 196 Å². The molecule has 15 aromatic carbocycles. The number of nitrogens with zero attached hydrogens (tertiary/aromatic N) is 6. The summed E-state index contributed by atoms with van der Waals surface area (Å²) in [4.78, 5) is 21.2. The van der Waals surface area contributed by atoms with E-state index in [1.54, 1.807) is 41.7 Å². The van der Waals surface area contributed by atoms with Gasteiger partial charge in [0.05, 0.1) is 58.6 Å². The largest absolute Gasteiger partial charge is 0.277 e. The summed E-state index contributed by atoms with van der Waals surface area (Å²) < 4.78 is 93.6. The van der Waals surface area contributed by atoms with Crippen molar-refractivity contribution in [3.05, 3.63) is 352 Å². The minimum atomic E-state index is -0.516. The first-order valence-corrected chi connectivity index (χ1v) is 35.2. The molecule has 8 heteroatoms. The highest BCUT2D eigenvalue weighted by Crippen LogP contribution is 2.50. The zero-order valence-electron chi connectivity index (χ0n) is 64.2. The topological polar surface area (TPSA) is 61.4 Å². The molecule has 0 bridgehead atoms. The molecule has 476 valence electrons. The summed E-state index contributed by atoms with van der Waals surface area (Å²) in [5.41, 5.74) is 13.8. The third-order valence-corrected chi connectivity index (χ3v) is 21.8. The van der Waals surface area contributed by atoms with Crippen LogP contribution in [0, 0.1) is 0 Å². The van der Waals surface area contributed by atoms with Crippen LogP contribution in [0.2, 0.25) is 0 Å². The molecule has 0 N–H and O–H groups in total. The molecule has 102 heavy (non-hydrogen) atoms. The van der Waals surface area contributed by atoms with E-state index in [1.165, 1.54) is 58.4 Å². The Morgan fingerprint density at radius 2 is 0.569 bits per heavy atom. The molecule has 0 radical (unpaired) electrons. The fourth-order valence-electron chi connectivity index (χ4n) is 14.8. The van der Waals surface area contributed by atoms with Gasteiger partial charge in [-0.25, -0.2) is 19.9 Å². The Labute approximate surface area is 609 Å². The van der Waals surface area contributed by atoms with Crippen LogP contribution in [0.5, 0.6) is 0 Å². The van der Waals surface area contributed by atoms with Gasteiger partial charge in [-0.15, -0.1) is 22.7 Å². The summed E-state index contributed by atoms with van der Waals surface area (Å²) in [6, 6.07) is 95.6. The molecule has 0 amide bonds. The fourth-order valence-corrected chi connectivity index (χ4v) is 17.3. The number of thiophene rings is 2. The van der Waals surface area contributed by atoms with Crippen molar-refractivity contribution in [2.75, 3.05) is 0 Å². The highest BCUT2D eigenvalue weighted by molar-refractivity contribution is 7.27. The average Bonchev–Trinajstić information content (AvgIpc) is 1.54. The predicted molar refractivity (Wildman–Crippen MR) is 432 cm³/mol. The lowest BCUT2D eigenvalue weighted by molar-refractivity contribution is 0.998. The molecule has 6 nitrogen and oxygen atoms in total. The maximum Gasteiger partial charge on any atom is 0.235 e. The predicted octanol–water partition coefficient (Wildman–Crippen LogP) is 25.9. The molecule has 0 spiro atoms. The van der Waals surface area contributed by atoms with Crippen molar-refractivity contribution in [3.8, 4) is 90.3 Å². The SMILES string of the molecule is [2H]c1c([2H])c([2H])c(-c2ccc(-c3cc(-c4c([2H])c([2H])c([2H])c([2H])c4[2H])nc(-n4c5ccccc5c5c6ccccc6c6sc7ccccc7c6c54)n3)cc2)c([2H])c1[2H].c1ccc(-c2ccc(-c3cc(-c4cccc(-c5ccccc5)c4)nc(-n4c5ccccc5c5c6ccccc6c6sc7ccccc7c6c54)n3)cc2)cc1. The first kappa shape index (κ1) is 49.5. The first-order valence-electron chi connectivity index (χ1n) is 38.6. The molecule has 21 rings (SSSR count). The van der Waals surface area contributed by atoms with Gasteiger partial charge in [-0.3, -0.25) is 9.13 Å². The minimum Gasteiger partial charge on any atom is -0.277 e. The fraction of sp³-hybridized carbons (Fsp3) is 0. The smallest absolute Gasteiger partial charge is 0.235 e. The van der Waals surface area contributed by atoms with Gasteiger partial charge in [0.15, 0.2) is 0 Å². The molecule has 21 aromatic rings. The first-order chi connectivity index (χ1) is 54.7. The van der Waals surface area contributed by atoms with Crippen molar-refractivity contribution in [1.29, 1.82) is 0 Å². The molecular formula is C94H58N6S2. The molecule has 0 aliphatic heterocycles. The molecule has 6 heterocycles. The number of rotatable bonds is 9. The Morgan fingerprint density at radius 3 is 1.05 bits per heavy atom. The van der Waals surface area contributed by atoms with Crippen molar-refractivity contribution < 1.29 is 13.7 Å². The second kappa shape index (κ2) is 24.5. The lowest BCUT2D eigenvalue weighted by Gasteiger charge is -2.14. The van der Waals surface area contributed by atoms with Gasteiger partial charge in [0.25, 0.3) is 0 Å². The number of para-hydroxylation sites is 2. The van der Waals surface area contributed by atoms with Crippen LogP contribution in [-0.2, 0) is 0 Å². The Kier molecular flexibility index (Phi) is 11.9. The van der Waals surface area contributed by atoms with Crippen molar-refractivity contribution in [3.63, 3.8) is 0 Å². The molecule has 0 saturated carbocycles. The number of hydrogen-bond donors (Lipinski definition) is 0. The van der Waals surface area contributed by atoms with Crippen molar-refractivity contribution in [1.82, 2.24) is 29.1 Å². The molecule has 6 aromatic heterocycles. The van der Waals surface area contributed by atoms with Gasteiger partial charge in [-0.05, 0) is 86.6 Å². The number of benzene rings is 15. The number of aromatic nitrogens is 6. The maximum absolute atomic E-state index is 8.92. The Morgan fingerprint density at radius 1 is 0.235 bits per heavy atom. The maximum atomic E-state index is 8.92. The highest BCUT2D eigenvalue weighted by Gasteiger charge is 2.27. The van der Waals surface area contributed by atoms with Gasteiger partial charge in [0, 0.05) is 94.9 Å².